The molecule has 0 radical (unpaired) electrons. The maximum atomic E-state index is 15.5. The number of aliphatic hydroxyl groups is 3. The molecular formula is C46H57NO14. The van der Waals surface area contributed by atoms with Crippen LogP contribution in [0.5, 0.6) is 0 Å². The third-order valence-electron chi connectivity index (χ3n) is 13.5. The van der Waals surface area contributed by atoms with E-state index in [-0.39, 0.29) is 36.2 Å². The Balaban J connectivity index is 1.52. The highest BCUT2D eigenvalue weighted by atomic mass is 16.6. The quantitative estimate of drug-likeness (QED) is 0.0969. The number of esters is 4. The van der Waals surface area contributed by atoms with Crippen molar-refractivity contribution in [2.75, 3.05) is 6.61 Å². The van der Waals surface area contributed by atoms with Gasteiger partial charge in [-0.1, -0.05) is 82.1 Å². The first-order valence-electron chi connectivity index (χ1n) is 20.9. The minimum Gasteiger partial charge on any atom is -0.456 e. The lowest BCUT2D eigenvalue weighted by Gasteiger charge is -2.67. The molecule has 2 bridgehead atoms. The van der Waals surface area contributed by atoms with E-state index < -0.39 is 113 Å². The molecule has 11 atom stereocenters. The van der Waals surface area contributed by atoms with E-state index in [2.05, 4.69) is 5.32 Å². The average molecular weight is 848 g/mol. The van der Waals surface area contributed by atoms with Crippen molar-refractivity contribution < 1.29 is 67.8 Å². The third-order valence-corrected chi connectivity index (χ3v) is 13.5. The van der Waals surface area contributed by atoms with Gasteiger partial charge in [-0.25, -0.2) is 9.59 Å². The van der Waals surface area contributed by atoms with Crippen LogP contribution in [-0.4, -0.2) is 105 Å². The highest BCUT2D eigenvalue weighted by molar-refractivity contribution is 5.95. The molecule has 2 aromatic carbocycles. The van der Waals surface area contributed by atoms with E-state index in [9.17, 15) is 39.3 Å². The molecule has 1 saturated heterocycles. The summed E-state index contributed by atoms with van der Waals surface area (Å²) in [6, 6.07) is 15.0. The van der Waals surface area contributed by atoms with Gasteiger partial charge in [-0.05, 0) is 49.1 Å². The van der Waals surface area contributed by atoms with Crippen LogP contribution in [0.1, 0.15) is 109 Å². The smallest absolute Gasteiger partial charge is 0.338 e. The molecule has 2 saturated carbocycles. The monoisotopic (exact) mass is 847 g/mol. The highest BCUT2D eigenvalue weighted by Gasteiger charge is 2.78. The Kier molecular flexibility index (Phi) is 13.0. The minimum atomic E-state index is -2.37. The summed E-state index contributed by atoms with van der Waals surface area (Å²) in [4.78, 5) is 83.0. The van der Waals surface area contributed by atoms with Crippen LogP contribution in [0.3, 0.4) is 0 Å². The number of benzene rings is 2. The molecule has 330 valence electrons. The first-order valence-corrected chi connectivity index (χ1v) is 20.9. The van der Waals surface area contributed by atoms with Gasteiger partial charge in [0.25, 0.3) is 0 Å². The molecule has 0 spiro atoms. The van der Waals surface area contributed by atoms with E-state index >= 15 is 4.79 Å². The number of unbranched alkanes of at least 4 members (excludes halogenated alkanes) is 2. The lowest BCUT2D eigenvalue weighted by atomic mass is 9.44. The second-order valence-corrected chi connectivity index (χ2v) is 17.5. The molecule has 0 aromatic heterocycles. The van der Waals surface area contributed by atoms with Crippen LogP contribution in [0.2, 0.25) is 0 Å². The van der Waals surface area contributed by atoms with Gasteiger partial charge in [-0.15, -0.1) is 0 Å². The largest absolute Gasteiger partial charge is 0.456 e. The first-order chi connectivity index (χ1) is 28.7. The van der Waals surface area contributed by atoms with Gasteiger partial charge in [0.15, 0.2) is 23.6 Å². The summed E-state index contributed by atoms with van der Waals surface area (Å²) in [7, 11) is 0. The zero-order valence-corrected chi connectivity index (χ0v) is 35.7. The lowest BCUT2D eigenvalue weighted by Crippen LogP contribution is -2.82. The fraction of sp³-hybridized carbons (Fsp3) is 0.565. The zero-order valence-electron chi connectivity index (χ0n) is 35.7. The molecule has 6 rings (SSSR count). The number of ether oxygens (including phenoxy) is 5. The Bertz CT molecular complexity index is 2050. The summed E-state index contributed by atoms with van der Waals surface area (Å²) in [5, 5.41) is 40.2. The molecular weight excluding hydrogens is 790 g/mol. The summed E-state index contributed by atoms with van der Waals surface area (Å²) in [6.45, 7) is 10.0. The number of hydrogen-bond acceptors (Lipinski definition) is 14. The van der Waals surface area contributed by atoms with Gasteiger partial charge >= 0.3 is 23.9 Å². The molecule has 1 aliphatic heterocycles. The van der Waals surface area contributed by atoms with Crippen LogP contribution in [0.25, 0.3) is 0 Å². The number of carbonyl (C=O) groups excluding carboxylic acids is 6. The Hall–Kier alpha value is -4.96. The van der Waals surface area contributed by atoms with Gasteiger partial charge in [0.05, 0.1) is 35.6 Å². The van der Waals surface area contributed by atoms with Crippen molar-refractivity contribution in [3.8, 4) is 0 Å². The number of fused-ring (bicyclic) bond motifs is 5. The zero-order chi connectivity index (χ0) is 44.7. The molecule has 61 heavy (non-hydrogen) atoms. The van der Waals surface area contributed by atoms with E-state index in [0.717, 1.165) is 26.7 Å². The van der Waals surface area contributed by atoms with Crippen molar-refractivity contribution >= 4 is 35.6 Å². The predicted octanol–water partition coefficient (Wildman–Crippen LogP) is 4.00. The topological polar surface area (TPSA) is 221 Å². The van der Waals surface area contributed by atoms with Crippen LogP contribution in [0.15, 0.2) is 71.8 Å². The third kappa shape index (κ3) is 8.01. The van der Waals surface area contributed by atoms with Gasteiger partial charge in [0, 0.05) is 38.5 Å². The van der Waals surface area contributed by atoms with Crippen LogP contribution in [0, 0.1) is 16.7 Å². The van der Waals surface area contributed by atoms with Gasteiger partial charge in [0.1, 0.15) is 23.9 Å². The molecule has 1 heterocycles. The summed E-state index contributed by atoms with van der Waals surface area (Å²) < 4.78 is 30.3. The van der Waals surface area contributed by atoms with Crippen LogP contribution in [0.4, 0.5) is 0 Å². The molecule has 4 N–H and O–H groups in total. The molecule has 1 amide bonds. The van der Waals surface area contributed by atoms with Crippen molar-refractivity contribution in [2.24, 2.45) is 16.7 Å². The summed E-state index contributed by atoms with van der Waals surface area (Å²) >= 11 is 0. The Morgan fingerprint density at radius 2 is 1.56 bits per heavy atom. The number of nitrogens with one attached hydrogen (secondary N) is 1. The Morgan fingerprint density at radius 1 is 0.918 bits per heavy atom. The highest BCUT2D eigenvalue weighted by Crippen LogP contribution is 2.64. The van der Waals surface area contributed by atoms with E-state index in [1.807, 2.05) is 6.92 Å². The molecule has 4 aliphatic rings. The number of aliphatic hydroxyl groups excluding tert-OH is 2. The normalized spacial score (nSPS) is 32.3. The van der Waals surface area contributed by atoms with E-state index in [4.69, 9.17) is 23.7 Å². The van der Waals surface area contributed by atoms with Crippen molar-refractivity contribution in [3.05, 3.63) is 82.9 Å². The number of rotatable bonds is 13. The predicted molar refractivity (Wildman–Crippen MR) is 216 cm³/mol. The van der Waals surface area contributed by atoms with Gasteiger partial charge in [0.2, 0.25) is 5.91 Å². The van der Waals surface area contributed by atoms with Gasteiger partial charge in [-0.2, -0.15) is 0 Å². The van der Waals surface area contributed by atoms with Gasteiger partial charge in [-0.3, -0.25) is 19.2 Å². The molecule has 0 unspecified atom stereocenters. The number of carbonyl (C=O) groups is 6. The summed E-state index contributed by atoms with van der Waals surface area (Å²) in [5.41, 5.74) is -7.12. The maximum absolute atomic E-state index is 15.5. The van der Waals surface area contributed by atoms with Crippen LogP contribution in [-0.2, 0) is 47.7 Å². The fourth-order valence-corrected chi connectivity index (χ4v) is 10.1. The minimum absolute atomic E-state index is 0.0127. The molecule has 15 heteroatoms. The van der Waals surface area contributed by atoms with Crippen molar-refractivity contribution in [3.63, 3.8) is 0 Å². The second-order valence-electron chi connectivity index (χ2n) is 17.5. The fourth-order valence-electron chi connectivity index (χ4n) is 10.1. The van der Waals surface area contributed by atoms with Crippen molar-refractivity contribution in [2.45, 2.75) is 141 Å². The molecule has 15 nitrogen and oxygen atoms in total. The summed E-state index contributed by atoms with van der Waals surface area (Å²) in [5.74, 6) is -6.55. The van der Waals surface area contributed by atoms with Crippen molar-refractivity contribution in [1.82, 2.24) is 5.32 Å². The Labute approximate surface area is 355 Å². The van der Waals surface area contributed by atoms with Crippen LogP contribution >= 0.6 is 0 Å². The number of ketones is 1. The van der Waals surface area contributed by atoms with Crippen molar-refractivity contribution in [1.29, 1.82) is 0 Å². The number of amides is 1. The molecule has 3 fully saturated rings. The molecule has 3 aliphatic carbocycles. The maximum Gasteiger partial charge on any atom is 0.338 e. The number of Topliss-reactive ketones (excluding diaryl/α,β-unsaturated/α-hetero) is 1. The lowest BCUT2D eigenvalue weighted by molar-refractivity contribution is -0.346. The van der Waals surface area contributed by atoms with Crippen LogP contribution < -0.4 is 5.32 Å². The number of hydrogen-bond donors (Lipinski definition) is 4. The van der Waals surface area contributed by atoms with Gasteiger partial charge < -0.3 is 44.3 Å². The standard InChI is InChI=1S/C46H57NO14/c1-8-9-12-21-33(51)47-35(28-17-13-10-14-18-28)36(52)42(55)59-30-23-46(56)40(60-41(54)29-19-15-11-16-20-29)38-44(7,31(50)22-32-45(38,24-57-32)61-27(4)49)39(53)37(58-26(3)48)34(25(30)2)43(46,5)6/h10-11,13-20,30-32,35-38,40,50,52,56H,8-9,12,21-24H2,1-7H3,(H,47,51)/t30-,31-,32+,35-,36+,37+,38-,40-,44+,45-,46+/m0/s1. The summed E-state index contributed by atoms with van der Waals surface area (Å²) in [6.07, 6.45) is -7.92. The SMILES string of the molecule is CCCCCC(=O)N[C@@H](c1ccccc1)[C@@H](O)C(=O)O[C@H]1C[C@@]2(O)[C@@H](OC(=O)c3ccccc3)[C@@H]3[C@]4(OC(C)=O)CO[C@@H]4C[C@H](O)[C@@]3(C)C(=O)[C@H](OC(C)=O)C(=C1C)C2(C)C. The first kappa shape index (κ1) is 45.6. The van der Waals surface area contributed by atoms with E-state index in [1.54, 1.807) is 62.4 Å². The second kappa shape index (κ2) is 17.4. The van der Waals surface area contributed by atoms with E-state index in [1.165, 1.54) is 26.0 Å². The van der Waals surface area contributed by atoms with E-state index in [0.29, 0.717) is 12.0 Å². The Morgan fingerprint density at radius 3 is 2.13 bits per heavy atom. The molecule has 2 aromatic rings. The average Bonchev–Trinajstić information content (AvgIpc) is 3.21.